The van der Waals surface area contributed by atoms with Crippen LogP contribution < -0.4 is 5.32 Å². The summed E-state index contributed by atoms with van der Waals surface area (Å²) in [6.07, 6.45) is 1.48. The first-order chi connectivity index (χ1) is 11.0. The van der Waals surface area contributed by atoms with Crippen molar-refractivity contribution >= 4 is 22.8 Å². The molecule has 0 fully saturated rings. The molecule has 23 heavy (non-hydrogen) atoms. The van der Waals surface area contributed by atoms with Gasteiger partial charge in [-0.15, -0.1) is 0 Å². The molecule has 0 radical (unpaired) electrons. The van der Waals surface area contributed by atoms with Crippen LogP contribution in [0.25, 0.3) is 11.0 Å². The Labute approximate surface area is 131 Å². The van der Waals surface area contributed by atoms with Gasteiger partial charge in [0.1, 0.15) is 5.58 Å². The Kier molecular flexibility index (Phi) is 3.61. The van der Waals surface area contributed by atoms with E-state index in [1.54, 1.807) is 42.9 Å². The lowest BCUT2D eigenvalue weighted by atomic mass is 10.1. The number of carbonyl (C=O) groups is 2. The van der Waals surface area contributed by atoms with Crippen molar-refractivity contribution in [3.05, 3.63) is 53.0 Å². The molecule has 7 heteroatoms. The minimum atomic E-state index is -1.16. The van der Waals surface area contributed by atoms with Crippen LogP contribution in [-0.2, 0) is 13.6 Å². The maximum absolute atomic E-state index is 12.2. The largest absolute Gasteiger partial charge is 0.475 e. The molecule has 0 atom stereocenters. The topological polar surface area (TPSA) is 97.4 Å². The summed E-state index contributed by atoms with van der Waals surface area (Å²) in [6, 6.07) is 7.01. The molecule has 0 spiro atoms. The lowest BCUT2D eigenvalue weighted by Gasteiger charge is -2.05. The standard InChI is InChI=1S/C16H15N3O4/c1-9-11(8-18-19(9)2)15(20)17-7-12-10-5-3-4-6-13(10)23-14(12)16(21)22/h3-6,8H,7H2,1-2H3,(H,17,20)(H,21,22). The van der Waals surface area contributed by atoms with Crippen LogP contribution in [0.3, 0.4) is 0 Å². The summed E-state index contributed by atoms with van der Waals surface area (Å²) < 4.78 is 6.96. The summed E-state index contributed by atoms with van der Waals surface area (Å²) in [4.78, 5) is 23.6. The Balaban J connectivity index is 1.89. The van der Waals surface area contributed by atoms with Crippen molar-refractivity contribution in [3.8, 4) is 0 Å². The molecule has 0 aliphatic carbocycles. The zero-order valence-electron chi connectivity index (χ0n) is 12.7. The molecule has 0 saturated carbocycles. The molecular weight excluding hydrogens is 298 g/mol. The number of aromatic carboxylic acids is 1. The maximum atomic E-state index is 12.2. The Morgan fingerprint density at radius 1 is 1.35 bits per heavy atom. The number of furan rings is 1. The molecule has 0 unspecified atom stereocenters. The normalized spacial score (nSPS) is 10.9. The molecule has 2 heterocycles. The monoisotopic (exact) mass is 313 g/mol. The number of benzene rings is 1. The highest BCUT2D eigenvalue weighted by Gasteiger charge is 2.21. The lowest BCUT2D eigenvalue weighted by molar-refractivity contribution is 0.0662. The van der Waals surface area contributed by atoms with E-state index in [-0.39, 0.29) is 18.2 Å². The molecule has 3 aromatic rings. The van der Waals surface area contributed by atoms with E-state index in [2.05, 4.69) is 10.4 Å². The average molecular weight is 313 g/mol. The molecule has 0 aliphatic heterocycles. The maximum Gasteiger partial charge on any atom is 0.372 e. The number of para-hydroxylation sites is 1. The quantitative estimate of drug-likeness (QED) is 0.768. The van der Waals surface area contributed by atoms with Crippen molar-refractivity contribution in [2.24, 2.45) is 7.05 Å². The lowest BCUT2D eigenvalue weighted by Crippen LogP contribution is -2.24. The van der Waals surface area contributed by atoms with Crippen molar-refractivity contribution in [1.82, 2.24) is 15.1 Å². The van der Waals surface area contributed by atoms with Crippen molar-refractivity contribution < 1.29 is 19.1 Å². The molecular formula is C16H15N3O4. The SMILES string of the molecule is Cc1c(C(=O)NCc2c(C(=O)O)oc3ccccc23)cnn1C. The van der Waals surface area contributed by atoms with Crippen LogP contribution in [0, 0.1) is 6.92 Å². The highest BCUT2D eigenvalue weighted by Crippen LogP contribution is 2.26. The predicted molar refractivity (Wildman–Crippen MR) is 82.3 cm³/mol. The third kappa shape index (κ3) is 2.57. The van der Waals surface area contributed by atoms with E-state index in [9.17, 15) is 14.7 Å². The number of carbonyl (C=O) groups excluding carboxylic acids is 1. The summed E-state index contributed by atoms with van der Waals surface area (Å²) in [7, 11) is 1.75. The van der Waals surface area contributed by atoms with E-state index in [0.29, 0.717) is 22.1 Å². The first-order valence-electron chi connectivity index (χ1n) is 6.99. The third-order valence-corrected chi connectivity index (χ3v) is 3.80. The first kappa shape index (κ1) is 14.8. The number of carboxylic acid groups (broad SMARTS) is 1. The second-order valence-electron chi connectivity index (χ2n) is 5.16. The van der Waals surface area contributed by atoms with E-state index < -0.39 is 5.97 Å². The Hall–Kier alpha value is -3.09. The van der Waals surface area contributed by atoms with Crippen molar-refractivity contribution in [3.63, 3.8) is 0 Å². The summed E-state index contributed by atoms with van der Waals surface area (Å²) >= 11 is 0. The number of hydrogen-bond acceptors (Lipinski definition) is 4. The fourth-order valence-corrected chi connectivity index (χ4v) is 2.43. The number of aryl methyl sites for hydroxylation is 1. The van der Waals surface area contributed by atoms with Crippen LogP contribution >= 0.6 is 0 Å². The molecule has 1 aromatic carbocycles. The fraction of sp³-hybridized carbons (Fsp3) is 0.188. The zero-order valence-corrected chi connectivity index (χ0v) is 12.7. The number of nitrogens with zero attached hydrogens (tertiary/aromatic N) is 2. The smallest absolute Gasteiger partial charge is 0.372 e. The molecule has 0 saturated heterocycles. The van der Waals surface area contributed by atoms with Gasteiger partial charge in [0, 0.05) is 30.2 Å². The van der Waals surface area contributed by atoms with Gasteiger partial charge < -0.3 is 14.8 Å². The van der Waals surface area contributed by atoms with Crippen LogP contribution in [-0.4, -0.2) is 26.8 Å². The molecule has 0 aliphatic rings. The Morgan fingerprint density at radius 3 is 2.74 bits per heavy atom. The predicted octanol–water partition coefficient (Wildman–Crippen LogP) is 2.10. The summed E-state index contributed by atoms with van der Waals surface area (Å²) in [5.41, 5.74) is 2.12. The Morgan fingerprint density at radius 2 is 2.09 bits per heavy atom. The molecule has 3 rings (SSSR count). The van der Waals surface area contributed by atoms with E-state index in [1.165, 1.54) is 6.20 Å². The van der Waals surface area contributed by atoms with Crippen molar-refractivity contribution in [1.29, 1.82) is 0 Å². The summed E-state index contributed by atoms with van der Waals surface area (Å²) in [5, 5.41) is 16.7. The summed E-state index contributed by atoms with van der Waals surface area (Å²) in [5.74, 6) is -1.63. The average Bonchev–Trinajstić information content (AvgIpc) is 3.06. The second kappa shape index (κ2) is 5.60. The second-order valence-corrected chi connectivity index (χ2v) is 5.16. The molecule has 7 nitrogen and oxygen atoms in total. The van der Waals surface area contributed by atoms with E-state index >= 15 is 0 Å². The van der Waals surface area contributed by atoms with Gasteiger partial charge in [-0.25, -0.2) is 4.79 Å². The number of fused-ring (bicyclic) bond motifs is 1. The number of carboxylic acids is 1. The van der Waals surface area contributed by atoms with Crippen LogP contribution in [0.5, 0.6) is 0 Å². The van der Waals surface area contributed by atoms with Gasteiger partial charge in [-0.05, 0) is 13.0 Å². The molecule has 0 bridgehead atoms. The highest BCUT2D eigenvalue weighted by molar-refractivity contribution is 5.97. The molecule has 2 aromatic heterocycles. The fourth-order valence-electron chi connectivity index (χ4n) is 2.43. The number of rotatable bonds is 4. The highest BCUT2D eigenvalue weighted by atomic mass is 16.4. The van der Waals surface area contributed by atoms with Gasteiger partial charge in [0.25, 0.3) is 5.91 Å². The van der Waals surface area contributed by atoms with Crippen molar-refractivity contribution in [2.45, 2.75) is 13.5 Å². The number of aromatic nitrogens is 2. The Bertz CT molecular complexity index is 907. The van der Waals surface area contributed by atoms with Crippen molar-refractivity contribution in [2.75, 3.05) is 0 Å². The molecule has 1 amide bonds. The van der Waals surface area contributed by atoms with Gasteiger partial charge in [0.15, 0.2) is 0 Å². The van der Waals surface area contributed by atoms with E-state index in [4.69, 9.17) is 4.42 Å². The minimum Gasteiger partial charge on any atom is -0.475 e. The van der Waals surface area contributed by atoms with Gasteiger partial charge in [-0.1, -0.05) is 18.2 Å². The van der Waals surface area contributed by atoms with Crippen LogP contribution in [0.4, 0.5) is 0 Å². The van der Waals surface area contributed by atoms with Gasteiger partial charge in [0.05, 0.1) is 11.8 Å². The van der Waals surface area contributed by atoms with Gasteiger partial charge in [0.2, 0.25) is 5.76 Å². The van der Waals surface area contributed by atoms with Gasteiger partial charge in [-0.2, -0.15) is 5.10 Å². The van der Waals surface area contributed by atoms with E-state index in [0.717, 1.165) is 5.69 Å². The van der Waals surface area contributed by atoms with Gasteiger partial charge >= 0.3 is 5.97 Å². The van der Waals surface area contributed by atoms with E-state index in [1.807, 2.05) is 0 Å². The zero-order chi connectivity index (χ0) is 16.6. The van der Waals surface area contributed by atoms with Gasteiger partial charge in [-0.3, -0.25) is 9.48 Å². The molecule has 118 valence electrons. The molecule has 2 N–H and O–H groups in total. The number of nitrogens with one attached hydrogen (secondary N) is 1. The number of amides is 1. The van der Waals surface area contributed by atoms with Crippen LogP contribution in [0.2, 0.25) is 0 Å². The van der Waals surface area contributed by atoms with Crippen LogP contribution in [0.1, 0.15) is 32.2 Å². The van der Waals surface area contributed by atoms with Crippen LogP contribution in [0.15, 0.2) is 34.9 Å². The first-order valence-corrected chi connectivity index (χ1v) is 6.99. The minimum absolute atomic E-state index is 0.0613. The number of hydrogen-bond donors (Lipinski definition) is 2. The summed E-state index contributed by atoms with van der Waals surface area (Å²) in [6.45, 7) is 1.85. The third-order valence-electron chi connectivity index (χ3n) is 3.80.